The van der Waals surface area contributed by atoms with Crippen LogP contribution in [-0.2, 0) is 11.2 Å². The standard InChI is InChI=1S/C14H12N4O4/c19-11-3-5-15-7-10(11)16-12(20)1-2-13-17-14(18-22-13)9-4-6-21-8-9/h3-8H,1-2H2,(H,15,19)(H,16,20). The lowest BCUT2D eigenvalue weighted by Crippen LogP contribution is -2.18. The third kappa shape index (κ3) is 3.11. The first-order chi connectivity index (χ1) is 10.7. The predicted molar refractivity (Wildman–Crippen MR) is 76.0 cm³/mol. The molecule has 22 heavy (non-hydrogen) atoms. The highest BCUT2D eigenvalue weighted by molar-refractivity contribution is 5.90. The molecule has 0 atom stereocenters. The fourth-order valence-electron chi connectivity index (χ4n) is 1.81. The van der Waals surface area contributed by atoms with E-state index in [-0.39, 0.29) is 29.9 Å². The van der Waals surface area contributed by atoms with Gasteiger partial charge >= 0.3 is 0 Å². The molecule has 3 rings (SSSR count). The Morgan fingerprint density at radius 2 is 2.27 bits per heavy atom. The molecule has 0 aliphatic carbocycles. The maximum absolute atomic E-state index is 11.8. The van der Waals surface area contributed by atoms with Gasteiger partial charge in [0.2, 0.25) is 23.1 Å². The van der Waals surface area contributed by atoms with E-state index in [1.807, 2.05) is 0 Å². The van der Waals surface area contributed by atoms with Crippen molar-refractivity contribution in [3.63, 3.8) is 0 Å². The van der Waals surface area contributed by atoms with Gasteiger partial charge in [-0.05, 0) is 6.07 Å². The predicted octanol–water partition coefficient (Wildman–Crippen LogP) is 1.59. The molecule has 0 unspecified atom stereocenters. The van der Waals surface area contributed by atoms with Crippen molar-refractivity contribution < 1.29 is 13.7 Å². The van der Waals surface area contributed by atoms with E-state index >= 15 is 0 Å². The Balaban J connectivity index is 1.57. The summed E-state index contributed by atoms with van der Waals surface area (Å²) in [7, 11) is 0. The Kier molecular flexibility index (Phi) is 3.82. The van der Waals surface area contributed by atoms with Crippen molar-refractivity contribution in [3.05, 3.63) is 53.2 Å². The van der Waals surface area contributed by atoms with Crippen molar-refractivity contribution in [1.82, 2.24) is 15.1 Å². The van der Waals surface area contributed by atoms with Crippen LogP contribution in [0.5, 0.6) is 0 Å². The maximum Gasteiger partial charge on any atom is 0.227 e. The van der Waals surface area contributed by atoms with E-state index in [1.54, 1.807) is 6.07 Å². The van der Waals surface area contributed by atoms with Gasteiger partial charge in [0.1, 0.15) is 12.0 Å². The number of H-pyrrole nitrogens is 1. The fraction of sp³-hybridized carbons (Fsp3) is 0.143. The first-order valence-electron chi connectivity index (χ1n) is 6.54. The first kappa shape index (κ1) is 13.8. The highest BCUT2D eigenvalue weighted by Gasteiger charge is 2.12. The molecule has 0 aliphatic heterocycles. The molecule has 1 amide bonds. The third-order valence-corrected chi connectivity index (χ3v) is 2.91. The summed E-state index contributed by atoms with van der Waals surface area (Å²) in [6, 6.07) is 3.05. The van der Waals surface area contributed by atoms with Gasteiger partial charge in [-0.15, -0.1) is 0 Å². The molecule has 0 saturated carbocycles. The van der Waals surface area contributed by atoms with Gasteiger partial charge in [0.15, 0.2) is 0 Å². The van der Waals surface area contributed by atoms with Gasteiger partial charge in [0.25, 0.3) is 0 Å². The molecule has 2 N–H and O–H groups in total. The molecular weight excluding hydrogens is 288 g/mol. The molecule has 0 spiro atoms. The zero-order valence-electron chi connectivity index (χ0n) is 11.4. The number of hydrogen-bond donors (Lipinski definition) is 2. The summed E-state index contributed by atoms with van der Waals surface area (Å²) < 4.78 is 10.00. The minimum atomic E-state index is -0.306. The van der Waals surface area contributed by atoms with E-state index < -0.39 is 0 Å². The molecule has 112 valence electrons. The Morgan fingerprint density at radius 3 is 3.05 bits per heavy atom. The largest absolute Gasteiger partial charge is 0.472 e. The first-order valence-corrected chi connectivity index (χ1v) is 6.54. The van der Waals surface area contributed by atoms with Crippen LogP contribution in [0.3, 0.4) is 0 Å². The van der Waals surface area contributed by atoms with Crippen LogP contribution in [0.1, 0.15) is 12.3 Å². The summed E-state index contributed by atoms with van der Waals surface area (Å²) in [6.07, 6.45) is 6.35. The van der Waals surface area contributed by atoms with Crippen molar-refractivity contribution in [1.29, 1.82) is 0 Å². The fourth-order valence-corrected chi connectivity index (χ4v) is 1.81. The van der Waals surface area contributed by atoms with Gasteiger partial charge < -0.3 is 19.2 Å². The zero-order chi connectivity index (χ0) is 15.4. The smallest absolute Gasteiger partial charge is 0.227 e. The SMILES string of the molecule is O=C(CCc1nc(-c2ccoc2)no1)Nc1c[nH]ccc1=O. The minimum absolute atomic E-state index is 0.126. The zero-order valence-corrected chi connectivity index (χ0v) is 11.4. The highest BCUT2D eigenvalue weighted by Crippen LogP contribution is 2.16. The van der Waals surface area contributed by atoms with E-state index in [0.717, 1.165) is 0 Å². The highest BCUT2D eigenvalue weighted by atomic mass is 16.5. The van der Waals surface area contributed by atoms with E-state index in [2.05, 4.69) is 20.4 Å². The molecular formula is C14H12N4O4. The number of furan rings is 1. The van der Waals surface area contributed by atoms with Gasteiger partial charge in [-0.1, -0.05) is 5.16 Å². The number of rotatable bonds is 5. The average molecular weight is 300 g/mol. The molecule has 0 radical (unpaired) electrons. The molecule has 0 aromatic carbocycles. The maximum atomic E-state index is 11.8. The number of amides is 1. The van der Waals surface area contributed by atoms with Crippen LogP contribution in [0.4, 0.5) is 5.69 Å². The number of aromatic amines is 1. The van der Waals surface area contributed by atoms with Crippen molar-refractivity contribution in [2.75, 3.05) is 5.32 Å². The molecule has 0 fully saturated rings. The minimum Gasteiger partial charge on any atom is -0.472 e. The summed E-state index contributed by atoms with van der Waals surface area (Å²) in [5.74, 6) is 0.441. The molecule has 3 aromatic heterocycles. The Hall–Kier alpha value is -3.16. The van der Waals surface area contributed by atoms with Crippen LogP contribution in [0.15, 0.2) is 50.8 Å². The second-order valence-corrected chi connectivity index (χ2v) is 4.49. The second kappa shape index (κ2) is 6.08. The van der Waals surface area contributed by atoms with Gasteiger partial charge in [-0.2, -0.15) is 4.98 Å². The number of carbonyl (C=O) groups is 1. The molecule has 0 bridgehead atoms. The number of anilines is 1. The number of pyridine rings is 1. The summed E-state index contributed by atoms with van der Waals surface area (Å²) in [6.45, 7) is 0. The number of nitrogens with one attached hydrogen (secondary N) is 2. The summed E-state index contributed by atoms with van der Waals surface area (Å²) in [5, 5.41) is 6.33. The summed E-state index contributed by atoms with van der Waals surface area (Å²) in [5.41, 5.74) is 0.652. The summed E-state index contributed by atoms with van der Waals surface area (Å²) >= 11 is 0. The lowest BCUT2D eigenvalue weighted by molar-refractivity contribution is -0.116. The van der Waals surface area contributed by atoms with Crippen LogP contribution < -0.4 is 10.7 Å². The second-order valence-electron chi connectivity index (χ2n) is 4.49. The Labute approximate surface area is 124 Å². The number of nitrogens with zero attached hydrogens (tertiary/aromatic N) is 2. The van der Waals surface area contributed by atoms with Gasteiger partial charge in [0, 0.05) is 31.3 Å². The van der Waals surface area contributed by atoms with E-state index in [1.165, 1.54) is 31.0 Å². The quantitative estimate of drug-likeness (QED) is 0.739. The molecule has 8 heteroatoms. The van der Waals surface area contributed by atoms with Crippen LogP contribution in [-0.4, -0.2) is 21.0 Å². The number of hydrogen-bond acceptors (Lipinski definition) is 6. The van der Waals surface area contributed by atoms with Crippen molar-refractivity contribution in [3.8, 4) is 11.4 Å². The Bertz CT molecular complexity index is 819. The van der Waals surface area contributed by atoms with E-state index in [9.17, 15) is 9.59 Å². The molecule has 3 aromatic rings. The van der Waals surface area contributed by atoms with Crippen molar-refractivity contribution >= 4 is 11.6 Å². The Morgan fingerprint density at radius 1 is 1.36 bits per heavy atom. The van der Waals surface area contributed by atoms with Gasteiger partial charge in [-0.3, -0.25) is 9.59 Å². The topological polar surface area (TPSA) is 114 Å². The number of aromatic nitrogens is 3. The molecule has 8 nitrogen and oxygen atoms in total. The van der Waals surface area contributed by atoms with Crippen molar-refractivity contribution in [2.24, 2.45) is 0 Å². The monoisotopic (exact) mass is 300 g/mol. The number of carbonyl (C=O) groups excluding carboxylic acids is 1. The van der Waals surface area contributed by atoms with E-state index in [4.69, 9.17) is 8.94 Å². The molecule has 0 aliphatic rings. The van der Waals surface area contributed by atoms with Crippen molar-refractivity contribution in [2.45, 2.75) is 12.8 Å². The van der Waals surface area contributed by atoms with Crippen LogP contribution >= 0.6 is 0 Å². The average Bonchev–Trinajstić information content (AvgIpc) is 3.18. The summed E-state index contributed by atoms with van der Waals surface area (Å²) in [4.78, 5) is 30.2. The molecule has 3 heterocycles. The van der Waals surface area contributed by atoms with Crippen LogP contribution in [0, 0.1) is 0 Å². The van der Waals surface area contributed by atoms with Crippen LogP contribution in [0.2, 0.25) is 0 Å². The van der Waals surface area contributed by atoms with Gasteiger partial charge in [0.05, 0.1) is 11.8 Å². The van der Waals surface area contributed by atoms with Crippen LogP contribution in [0.25, 0.3) is 11.4 Å². The van der Waals surface area contributed by atoms with Gasteiger partial charge in [-0.25, -0.2) is 0 Å². The molecule has 0 saturated heterocycles. The normalized spacial score (nSPS) is 10.5. The van der Waals surface area contributed by atoms with E-state index in [0.29, 0.717) is 17.3 Å². The lowest BCUT2D eigenvalue weighted by Gasteiger charge is -2.02. The lowest BCUT2D eigenvalue weighted by atomic mass is 10.3. The third-order valence-electron chi connectivity index (χ3n) is 2.91. The number of aryl methyl sites for hydroxylation is 1.